The predicted octanol–water partition coefficient (Wildman–Crippen LogP) is 3.17. The average molecular weight is 281 g/mol. The van der Waals surface area contributed by atoms with Gasteiger partial charge in [-0.05, 0) is 50.5 Å². The number of H-pyrrole nitrogens is 1. The molecule has 0 fully saturated rings. The van der Waals surface area contributed by atoms with Crippen LogP contribution in [-0.4, -0.2) is 42.1 Å². The zero-order valence-corrected chi connectivity index (χ0v) is 12.3. The van der Waals surface area contributed by atoms with Crippen LogP contribution < -0.4 is 4.74 Å². The van der Waals surface area contributed by atoms with Crippen LogP contribution in [0.1, 0.15) is 0 Å². The monoisotopic (exact) mass is 281 g/mol. The van der Waals surface area contributed by atoms with Crippen molar-refractivity contribution in [2.24, 2.45) is 0 Å². The number of aromatic amines is 1. The first-order valence-electron chi connectivity index (χ1n) is 7.05. The molecule has 0 radical (unpaired) electrons. The van der Waals surface area contributed by atoms with Crippen molar-refractivity contribution in [1.82, 2.24) is 14.9 Å². The lowest BCUT2D eigenvalue weighted by Crippen LogP contribution is -2.19. The Morgan fingerprint density at radius 3 is 2.52 bits per heavy atom. The third-order valence-corrected chi connectivity index (χ3v) is 3.32. The third-order valence-electron chi connectivity index (χ3n) is 3.32. The maximum atomic E-state index is 5.69. The topological polar surface area (TPSA) is 41.1 Å². The standard InChI is InChI=1S/C17H19N3O/c1-20(2)11-12-21-14-9-7-13(8-10-14)17-18-15-5-3-4-6-16(15)19-17/h3-10H,11-12H2,1-2H3,(H,18,19). The summed E-state index contributed by atoms with van der Waals surface area (Å²) in [6.45, 7) is 1.60. The maximum Gasteiger partial charge on any atom is 0.138 e. The molecule has 0 spiro atoms. The molecule has 108 valence electrons. The molecule has 4 nitrogen and oxygen atoms in total. The average Bonchev–Trinajstić information content (AvgIpc) is 2.91. The van der Waals surface area contributed by atoms with E-state index in [-0.39, 0.29) is 0 Å². The van der Waals surface area contributed by atoms with Crippen LogP contribution in [0.3, 0.4) is 0 Å². The highest BCUT2D eigenvalue weighted by molar-refractivity contribution is 5.79. The summed E-state index contributed by atoms with van der Waals surface area (Å²) in [7, 11) is 4.07. The lowest BCUT2D eigenvalue weighted by atomic mass is 10.2. The van der Waals surface area contributed by atoms with Gasteiger partial charge in [0.05, 0.1) is 11.0 Å². The van der Waals surface area contributed by atoms with Crippen molar-refractivity contribution in [1.29, 1.82) is 0 Å². The summed E-state index contributed by atoms with van der Waals surface area (Å²) in [5.74, 6) is 1.77. The van der Waals surface area contributed by atoms with Crippen molar-refractivity contribution >= 4 is 11.0 Å². The molecule has 0 saturated heterocycles. The zero-order chi connectivity index (χ0) is 14.7. The highest BCUT2D eigenvalue weighted by atomic mass is 16.5. The van der Waals surface area contributed by atoms with E-state index >= 15 is 0 Å². The Morgan fingerprint density at radius 2 is 1.81 bits per heavy atom. The number of hydrogen-bond acceptors (Lipinski definition) is 3. The van der Waals surface area contributed by atoms with E-state index in [0.29, 0.717) is 6.61 Å². The van der Waals surface area contributed by atoms with E-state index < -0.39 is 0 Å². The predicted molar refractivity (Wildman–Crippen MR) is 85.6 cm³/mol. The molecule has 0 saturated carbocycles. The molecule has 0 aliphatic rings. The van der Waals surface area contributed by atoms with E-state index in [2.05, 4.69) is 14.9 Å². The van der Waals surface area contributed by atoms with Crippen molar-refractivity contribution in [3.8, 4) is 17.1 Å². The van der Waals surface area contributed by atoms with Gasteiger partial charge in [-0.3, -0.25) is 0 Å². The van der Waals surface area contributed by atoms with Gasteiger partial charge in [0.1, 0.15) is 18.2 Å². The SMILES string of the molecule is CN(C)CCOc1ccc(-c2nc3ccccc3[nH]2)cc1. The number of rotatable bonds is 5. The van der Waals surface area contributed by atoms with Crippen LogP contribution in [0.2, 0.25) is 0 Å². The van der Waals surface area contributed by atoms with Gasteiger partial charge in [-0.15, -0.1) is 0 Å². The number of para-hydroxylation sites is 2. The Morgan fingerprint density at radius 1 is 1.05 bits per heavy atom. The molecule has 4 heteroatoms. The molecule has 0 bridgehead atoms. The van der Waals surface area contributed by atoms with E-state index in [1.54, 1.807) is 0 Å². The smallest absolute Gasteiger partial charge is 0.138 e. The molecule has 3 rings (SSSR count). The second-order valence-corrected chi connectivity index (χ2v) is 5.28. The largest absolute Gasteiger partial charge is 0.492 e. The summed E-state index contributed by atoms with van der Waals surface area (Å²) >= 11 is 0. The number of imidazole rings is 1. The first-order valence-corrected chi connectivity index (χ1v) is 7.05. The lowest BCUT2D eigenvalue weighted by Gasteiger charge is -2.11. The molecule has 1 aromatic heterocycles. The summed E-state index contributed by atoms with van der Waals surface area (Å²) in [6, 6.07) is 16.1. The second-order valence-electron chi connectivity index (χ2n) is 5.28. The van der Waals surface area contributed by atoms with Gasteiger partial charge in [-0.1, -0.05) is 12.1 Å². The number of fused-ring (bicyclic) bond motifs is 1. The first kappa shape index (κ1) is 13.6. The van der Waals surface area contributed by atoms with E-state index in [1.165, 1.54) is 0 Å². The van der Waals surface area contributed by atoms with Crippen LogP contribution in [-0.2, 0) is 0 Å². The van der Waals surface area contributed by atoms with E-state index in [1.807, 2.05) is 62.6 Å². The van der Waals surface area contributed by atoms with Crippen LogP contribution in [0.5, 0.6) is 5.75 Å². The first-order chi connectivity index (χ1) is 10.2. The second kappa shape index (κ2) is 5.97. The molecule has 0 atom stereocenters. The van der Waals surface area contributed by atoms with Crippen molar-refractivity contribution < 1.29 is 4.74 Å². The van der Waals surface area contributed by atoms with E-state index in [0.717, 1.165) is 34.7 Å². The molecule has 2 aromatic carbocycles. The van der Waals surface area contributed by atoms with E-state index in [9.17, 15) is 0 Å². The Balaban J connectivity index is 1.74. The molecule has 0 amide bonds. The highest BCUT2D eigenvalue weighted by Crippen LogP contribution is 2.22. The minimum atomic E-state index is 0.691. The number of nitrogens with zero attached hydrogens (tertiary/aromatic N) is 2. The van der Waals surface area contributed by atoms with Gasteiger partial charge >= 0.3 is 0 Å². The van der Waals surface area contributed by atoms with Gasteiger partial charge in [0, 0.05) is 12.1 Å². The Hall–Kier alpha value is -2.33. The normalized spacial score (nSPS) is 11.2. The maximum absolute atomic E-state index is 5.69. The summed E-state index contributed by atoms with van der Waals surface area (Å²) in [4.78, 5) is 10.0. The van der Waals surface area contributed by atoms with E-state index in [4.69, 9.17) is 4.74 Å². The van der Waals surface area contributed by atoms with Crippen molar-refractivity contribution in [2.75, 3.05) is 27.2 Å². The fourth-order valence-corrected chi connectivity index (χ4v) is 2.14. The van der Waals surface area contributed by atoms with Crippen molar-refractivity contribution in [3.05, 3.63) is 48.5 Å². The van der Waals surface area contributed by atoms with Gasteiger partial charge in [0.2, 0.25) is 0 Å². The lowest BCUT2D eigenvalue weighted by molar-refractivity contribution is 0.261. The van der Waals surface area contributed by atoms with Gasteiger partial charge in [0.15, 0.2) is 0 Å². The van der Waals surface area contributed by atoms with Crippen LogP contribution in [0.4, 0.5) is 0 Å². The zero-order valence-electron chi connectivity index (χ0n) is 12.3. The molecule has 0 aliphatic carbocycles. The van der Waals surface area contributed by atoms with Crippen molar-refractivity contribution in [2.45, 2.75) is 0 Å². The van der Waals surface area contributed by atoms with Crippen LogP contribution in [0.25, 0.3) is 22.4 Å². The number of likely N-dealkylation sites (N-methyl/N-ethyl adjacent to an activating group) is 1. The van der Waals surface area contributed by atoms with Crippen molar-refractivity contribution in [3.63, 3.8) is 0 Å². The van der Waals surface area contributed by atoms with Crippen LogP contribution in [0, 0.1) is 0 Å². The number of hydrogen-bond donors (Lipinski definition) is 1. The molecule has 0 unspecified atom stereocenters. The Labute approximate surface area is 124 Å². The molecule has 0 aliphatic heterocycles. The van der Waals surface area contributed by atoms with Gasteiger partial charge < -0.3 is 14.6 Å². The Bertz CT molecular complexity index is 683. The fourth-order valence-electron chi connectivity index (χ4n) is 2.14. The third kappa shape index (κ3) is 3.23. The number of nitrogens with one attached hydrogen (secondary N) is 1. The quantitative estimate of drug-likeness (QED) is 0.781. The molecular weight excluding hydrogens is 262 g/mol. The summed E-state index contributed by atoms with van der Waals surface area (Å²) < 4.78 is 5.69. The van der Waals surface area contributed by atoms with Gasteiger partial charge in [0.25, 0.3) is 0 Å². The van der Waals surface area contributed by atoms with Gasteiger partial charge in [-0.25, -0.2) is 4.98 Å². The summed E-state index contributed by atoms with van der Waals surface area (Å²) in [6.07, 6.45) is 0. The van der Waals surface area contributed by atoms with Crippen LogP contribution in [0.15, 0.2) is 48.5 Å². The molecular formula is C17H19N3O. The molecule has 1 N–H and O–H groups in total. The summed E-state index contributed by atoms with van der Waals surface area (Å²) in [5, 5.41) is 0. The van der Waals surface area contributed by atoms with Crippen LogP contribution >= 0.6 is 0 Å². The molecule has 21 heavy (non-hydrogen) atoms. The molecule has 3 aromatic rings. The fraction of sp³-hybridized carbons (Fsp3) is 0.235. The molecule has 1 heterocycles. The minimum absolute atomic E-state index is 0.691. The number of benzene rings is 2. The highest BCUT2D eigenvalue weighted by Gasteiger charge is 2.05. The minimum Gasteiger partial charge on any atom is -0.492 e. The number of ether oxygens (including phenoxy) is 1. The Kier molecular flexibility index (Phi) is 3.88. The number of aromatic nitrogens is 2. The summed E-state index contributed by atoms with van der Waals surface area (Å²) in [5.41, 5.74) is 3.10. The van der Waals surface area contributed by atoms with Gasteiger partial charge in [-0.2, -0.15) is 0 Å².